The first-order valence-electron chi connectivity index (χ1n) is 5.15. The predicted molar refractivity (Wildman–Crippen MR) is 62.5 cm³/mol. The van der Waals surface area contributed by atoms with Crippen molar-refractivity contribution >= 4 is 17.6 Å². The van der Waals surface area contributed by atoms with Gasteiger partial charge in [0.1, 0.15) is 5.60 Å². The Bertz CT molecular complexity index is 499. The molecule has 0 bridgehead atoms. The first-order valence-corrected chi connectivity index (χ1v) is 5.53. The van der Waals surface area contributed by atoms with Crippen LogP contribution in [0.2, 0.25) is 5.02 Å². The Labute approximate surface area is 103 Å². The van der Waals surface area contributed by atoms with Crippen LogP contribution in [0, 0.1) is 0 Å². The number of nitrogens with zero attached hydrogens (tertiary/aromatic N) is 3. The number of ether oxygens (including phenoxy) is 1. The van der Waals surface area contributed by atoms with Gasteiger partial charge in [0.25, 0.3) is 0 Å². The number of cyclic esters (lactones) is 1. The molecule has 88 valence electrons. The van der Waals surface area contributed by atoms with Crippen molar-refractivity contribution in [1.29, 1.82) is 0 Å². The Hall–Kier alpha value is -1.71. The quantitative estimate of drug-likeness (QED) is 0.358. The maximum atomic E-state index is 11.3. The van der Waals surface area contributed by atoms with Gasteiger partial charge in [-0.05, 0) is 23.2 Å². The summed E-state index contributed by atoms with van der Waals surface area (Å²) in [4.78, 5) is 14.0. The van der Waals surface area contributed by atoms with Gasteiger partial charge in [0, 0.05) is 22.8 Å². The van der Waals surface area contributed by atoms with Crippen LogP contribution in [0.25, 0.3) is 10.4 Å². The fraction of sp³-hybridized carbons (Fsp3) is 0.364. The highest BCUT2D eigenvalue weighted by atomic mass is 35.5. The molecule has 0 saturated carbocycles. The summed E-state index contributed by atoms with van der Waals surface area (Å²) in [5.41, 5.74) is 8.31. The number of hydrogen-bond acceptors (Lipinski definition) is 3. The topological polar surface area (TPSA) is 75.1 Å². The van der Waals surface area contributed by atoms with E-state index in [-0.39, 0.29) is 12.5 Å². The number of benzene rings is 1. The molecule has 2 rings (SSSR count). The van der Waals surface area contributed by atoms with E-state index in [2.05, 4.69) is 10.0 Å². The molecule has 1 saturated heterocycles. The smallest absolute Gasteiger partial charge is 0.306 e. The molecule has 1 aliphatic heterocycles. The van der Waals surface area contributed by atoms with Gasteiger partial charge in [0.2, 0.25) is 0 Å². The van der Waals surface area contributed by atoms with E-state index in [4.69, 9.17) is 21.9 Å². The summed E-state index contributed by atoms with van der Waals surface area (Å²) in [5.74, 6) is -0.280. The van der Waals surface area contributed by atoms with Gasteiger partial charge >= 0.3 is 5.97 Å². The summed E-state index contributed by atoms with van der Waals surface area (Å²) in [7, 11) is 0. The van der Waals surface area contributed by atoms with Crippen LogP contribution in [0.5, 0.6) is 0 Å². The van der Waals surface area contributed by atoms with Crippen molar-refractivity contribution in [3.63, 3.8) is 0 Å². The second-order valence-electron chi connectivity index (χ2n) is 3.87. The molecule has 1 aromatic rings. The van der Waals surface area contributed by atoms with Gasteiger partial charge in [-0.1, -0.05) is 28.8 Å². The lowest BCUT2D eigenvalue weighted by Gasteiger charge is -2.26. The SMILES string of the molecule is [N-]=[N+]=NCC1(c2cccc(Cl)c2)CCC(=O)O1. The van der Waals surface area contributed by atoms with Gasteiger partial charge in [-0.15, -0.1) is 0 Å². The normalized spacial score (nSPS) is 23.0. The van der Waals surface area contributed by atoms with Crippen molar-refractivity contribution in [3.05, 3.63) is 45.3 Å². The zero-order valence-corrected chi connectivity index (χ0v) is 9.72. The molecule has 0 radical (unpaired) electrons. The lowest BCUT2D eigenvalue weighted by atomic mass is 9.91. The highest BCUT2D eigenvalue weighted by Gasteiger charge is 2.41. The fourth-order valence-corrected chi connectivity index (χ4v) is 2.14. The van der Waals surface area contributed by atoms with E-state index in [1.54, 1.807) is 18.2 Å². The molecule has 1 heterocycles. The summed E-state index contributed by atoms with van der Waals surface area (Å²) < 4.78 is 5.33. The molecule has 0 aromatic heterocycles. The van der Waals surface area contributed by atoms with Crippen molar-refractivity contribution in [2.45, 2.75) is 18.4 Å². The van der Waals surface area contributed by atoms with Crippen LogP contribution in [-0.4, -0.2) is 12.5 Å². The minimum Gasteiger partial charge on any atom is -0.454 e. The standard InChI is InChI=1S/C11H10ClN3O2/c12-9-3-1-2-8(6-9)11(7-14-15-13)5-4-10(16)17-11/h1-3,6H,4-5,7H2. The molecular weight excluding hydrogens is 242 g/mol. The molecule has 0 aliphatic carbocycles. The fourth-order valence-electron chi connectivity index (χ4n) is 1.95. The monoisotopic (exact) mass is 251 g/mol. The van der Waals surface area contributed by atoms with E-state index in [1.807, 2.05) is 6.07 Å². The highest BCUT2D eigenvalue weighted by Crippen LogP contribution is 2.38. The van der Waals surface area contributed by atoms with Gasteiger partial charge in [-0.2, -0.15) is 0 Å². The number of carbonyl (C=O) groups is 1. The molecule has 6 heteroatoms. The zero-order valence-electron chi connectivity index (χ0n) is 8.97. The van der Waals surface area contributed by atoms with Crippen molar-refractivity contribution in [1.82, 2.24) is 0 Å². The minimum atomic E-state index is -0.853. The zero-order chi connectivity index (χ0) is 12.3. The third-order valence-corrected chi connectivity index (χ3v) is 3.02. The van der Waals surface area contributed by atoms with Gasteiger partial charge in [0.05, 0.1) is 6.54 Å². The average molecular weight is 252 g/mol. The van der Waals surface area contributed by atoms with E-state index < -0.39 is 5.60 Å². The highest BCUT2D eigenvalue weighted by molar-refractivity contribution is 6.30. The number of carbonyl (C=O) groups excluding carboxylic acids is 1. The van der Waals surface area contributed by atoms with Crippen LogP contribution >= 0.6 is 11.6 Å². The molecule has 1 fully saturated rings. The molecule has 1 aromatic carbocycles. The van der Waals surface area contributed by atoms with E-state index in [9.17, 15) is 4.79 Å². The number of rotatable bonds is 3. The maximum absolute atomic E-state index is 11.3. The van der Waals surface area contributed by atoms with Crippen molar-refractivity contribution in [2.24, 2.45) is 5.11 Å². The summed E-state index contributed by atoms with van der Waals surface area (Å²) >= 11 is 5.91. The molecule has 17 heavy (non-hydrogen) atoms. The largest absolute Gasteiger partial charge is 0.454 e. The Kier molecular flexibility index (Phi) is 3.22. The summed E-state index contributed by atoms with van der Waals surface area (Å²) in [6, 6.07) is 7.06. The van der Waals surface area contributed by atoms with E-state index in [0.29, 0.717) is 17.9 Å². The van der Waals surface area contributed by atoms with Crippen molar-refractivity contribution in [3.8, 4) is 0 Å². The van der Waals surface area contributed by atoms with Crippen molar-refractivity contribution in [2.75, 3.05) is 6.54 Å². The van der Waals surface area contributed by atoms with Crippen LogP contribution in [0.4, 0.5) is 0 Å². The second-order valence-corrected chi connectivity index (χ2v) is 4.30. The molecular formula is C11H10ClN3O2. The van der Waals surface area contributed by atoms with Crippen LogP contribution < -0.4 is 0 Å². The molecule has 0 amide bonds. The summed E-state index contributed by atoms with van der Waals surface area (Å²) in [5, 5.41) is 4.09. The summed E-state index contributed by atoms with van der Waals surface area (Å²) in [6.07, 6.45) is 0.832. The van der Waals surface area contributed by atoms with Gasteiger partial charge in [-0.25, -0.2) is 0 Å². The van der Waals surface area contributed by atoms with E-state index in [1.165, 1.54) is 0 Å². The lowest BCUT2D eigenvalue weighted by molar-refractivity contribution is -0.148. The first-order chi connectivity index (χ1) is 8.16. The third-order valence-electron chi connectivity index (χ3n) is 2.78. The van der Waals surface area contributed by atoms with Crippen LogP contribution in [-0.2, 0) is 15.1 Å². The van der Waals surface area contributed by atoms with Crippen molar-refractivity contribution < 1.29 is 9.53 Å². The van der Waals surface area contributed by atoms with Gasteiger partial charge in [0.15, 0.2) is 0 Å². The Morgan fingerprint density at radius 3 is 3.00 bits per heavy atom. The number of esters is 1. The predicted octanol–water partition coefficient (Wildman–Crippen LogP) is 3.18. The first kappa shape index (κ1) is 11.8. The Morgan fingerprint density at radius 1 is 1.59 bits per heavy atom. The molecule has 1 aliphatic rings. The Morgan fingerprint density at radius 2 is 2.41 bits per heavy atom. The summed E-state index contributed by atoms with van der Waals surface area (Å²) in [6.45, 7) is 0.0928. The van der Waals surface area contributed by atoms with Crippen LogP contribution in [0.15, 0.2) is 29.4 Å². The molecule has 5 nitrogen and oxygen atoms in total. The Balaban J connectivity index is 2.39. The molecule has 1 unspecified atom stereocenters. The minimum absolute atomic E-state index is 0.0928. The number of halogens is 1. The van der Waals surface area contributed by atoms with E-state index >= 15 is 0 Å². The average Bonchev–Trinajstić information content (AvgIpc) is 2.70. The van der Waals surface area contributed by atoms with Gasteiger partial charge in [-0.3, -0.25) is 4.79 Å². The molecule has 0 spiro atoms. The number of hydrogen-bond donors (Lipinski definition) is 0. The molecule has 0 N–H and O–H groups in total. The lowest BCUT2D eigenvalue weighted by Crippen LogP contribution is -2.29. The second kappa shape index (κ2) is 4.65. The molecule has 1 atom stereocenters. The maximum Gasteiger partial charge on any atom is 0.306 e. The van der Waals surface area contributed by atoms with Gasteiger partial charge < -0.3 is 4.74 Å². The third kappa shape index (κ3) is 2.35. The number of azide groups is 1. The van der Waals surface area contributed by atoms with E-state index in [0.717, 1.165) is 5.56 Å². The van der Waals surface area contributed by atoms with Crippen LogP contribution in [0.3, 0.4) is 0 Å². The van der Waals surface area contributed by atoms with Crippen LogP contribution in [0.1, 0.15) is 18.4 Å².